The van der Waals surface area contributed by atoms with Crippen LogP contribution in [0.2, 0.25) is 0 Å². The molecule has 1 aliphatic heterocycles. The smallest absolute Gasteiger partial charge is 0.169 e. The molecule has 0 aromatic carbocycles. The Labute approximate surface area is 117 Å². The lowest BCUT2D eigenvalue weighted by molar-refractivity contribution is 0.132. The van der Waals surface area contributed by atoms with Gasteiger partial charge in [-0.15, -0.1) is 0 Å². The van der Waals surface area contributed by atoms with Gasteiger partial charge in [0.25, 0.3) is 0 Å². The maximum absolute atomic E-state index is 5.55. The molecular weight excluding hydrogens is 240 g/mol. The van der Waals surface area contributed by atoms with Crippen LogP contribution in [0.4, 0.5) is 0 Å². The molecule has 2 aliphatic rings. The average molecular weight is 266 g/mol. The first-order valence-electron chi connectivity index (χ1n) is 6.90. The summed E-state index contributed by atoms with van der Waals surface area (Å²) in [7, 11) is 0. The molecule has 0 amide bonds. The Morgan fingerprint density at radius 3 is 2.67 bits per heavy atom. The summed E-state index contributed by atoms with van der Waals surface area (Å²) in [6.07, 6.45) is 3.87. The van der Waals surface area contributed by atoms with E-state index >= 15 is 0 Å². The third kappa shape index (κ3) is 2.87. The van der Waals surface area contributed by atoms with Crippen molar-refractivity contribution in [1.29, 1.82) is 0 Å². The van der Waals surface area contributed by atoms with Crippen LogP contribution in [0.5, 0.6) is 0 Å². The minimum absolute atomic E-state index is 0.446. The van der Waals surface area contributed by atoms with Crippen LogP contribution in [-0.2, 0) is 0 Å². The molecule has 1 saturated carbocycles. The van der Waals surface area contributed by atoms with Gasteiger partial charge in [0.15, 0.2) is 5.11 Å². The first-order valence-corrected chi connectivity index (χ1v) is 7.31. The van der Waals surface area contributed by atoms with E-state index in [0.29, 0.717) is 16.9 Å². The van der Waals surface area contributed by atoms with Crippen molar-refractivity contribution in [2.24, 2.45) is 10.8 Å². The van der Waals surface area contributed by atoms with Crippen LogP contribution in [0.3, 0.4) is 0 Å². The van der Waals surface area contributed by atoms with Crippen molar-refractivity contribution >= 4 is 17.3 Å². The van der Waals surface area contributed by atoms with Crippen LogP contribution in [-0.4, -0.2) is 29.1 Å². The van der Waals surface area contributed by atoms with Crippen LogP contribution in [0.25, 0.3) is 0 Å². The fourth-order valence-corrected chi connectivity index (χ4v) is 4.31. The summed E-state index contributed by atoms with van der Waals surface area (Å²) < 4.78 is 0. The molecule has 0 radical (unpaired) electrons. The van der Waals surface area contributed by atoms with E-state index in [9.17, 15) is 0 Å². The minimum atomic E-state index is 0.446. The molecule has 1 saturated heterocycles. The lowest BCUT2D eigenvalue weighted by Crippen LogP contribution is -2.43. The molecule has 2 fully saturated rings. The van der Waals surface area contributed by atoms with Crippen LogP contribution < -0.4 is 5.32 Å². The molecular formula is C15H26N2S. The molecule has 1 N–H and O–H groups in total. The van der Waals surface area contributed by atoms with Gasteiger partial charge in [0.1, 0.15) is 0 Å². The summed E-state index contributed by atoms with van der Waals surface area (Å²) in [5.41, 5.74) is 2.03. The first-order chi connectivity index (χ1) is 8.21. The quantitative estimate of drug-likeness (QED) is 0.609. The van der Waals surface area contributed by atoms with Crippen molar-refractivity contribution < 1.29 is 0 Å². The summed E-state index contributed by atoms with van der Waals surface area (Å²) in [5.74, 6) is 0. The number of likely N-dealkylation sites (tertiary alicyclic amines) is 1. The molecule has 0 aromatic heterocycles. The highest BCUT2D eigenvalue weighted by Crippen LogP contribution is 2.52. The number of hydrogen-bond donors (Lipinski definition) is 1. The highest BCUT2D eigenvalue weighted by molar-refractivity contribution is 7.80. The van der Waals surface area contributed by atoms with Crippen molar-refractivity contribution in [3.63, 3.8) is 0 Å². The number of nitrogens with zero attached hydrogens (tertiary/aromatic N) is 1. The normalized spacial score (nSPS) is 33.3. The number of fused-ring (bicyclic) bond motifs is 2. The van der Waals surface area contributed by atoms with Gasteiger partial charge in [-0.1, -0.05) is 32.9 Å². The summed E-state index contributed by atoms with van der Waals surface area (Å²) in [6, 6.07) is 0.629. The molecule has 2 atom stereocenters. The predicted molar refractivity (Wildman–Crippen MR) is 81.6 cm³/mol. The van der Waals surface area contributed by atoms with Crippen LogP contribution >= 0.6 is 12.2 Å². The predicted octanol–water partition coefficient (Wildman–Crippen LogP) is 3.34. The van der Waals surface area contributed by atoms with Gasteiger partial charge in [-0.3, -0.25) is 0 Å². The van der Waals surface area contributed by atoms with Crippen molar-refractivity contribution in [3.8, 4) is 0 Å². The number of thiocarbonyl (C=S) groups is 1. The molecule has 2 bridgehead atoms. The second kappa shape index (κ2) is 4.52. The minimum Gasteiger partial charge on any atom is -0.359 e. The largest absolute Gasteiger partial charge is 0.359 e. The lowest BCUT2D eigenvalue weighted by Gasteiger charge is -2.39. The van der Waals surface area contributed by atoms with E-state index in [1.807, 2.05) is 6.92 Å². The maximum atomic E-state index is 5.55. The highest BCUT2D eigenvalue weighted by atomic mass is 32.1. The number of nitrogens with one attached hydrogen (secondary N) is 1. The van der Waals surface area contributed by atoms with Gasteiger partial charge < -0.3 is 10.2 Å². The zero-order valence-electron chi connectivity index (χ0n) is 12.2. The molecule has 1 heterocycles. The second-order valence-corrected chi connectivity index (χ2v) is 7.84. The van der Waals surface area contributed by atoms with Gasteiger partial charge in [0.05, 0.1) is 0 Å². The summed E-state index contributed by atoms with van der Waals surface area (Å²) in [6.45, 7) is 15.1. The standard InChI is InChI=1S/C15H26N2S/c1-11(2)8-16-13(18)17-10-15(5)7-12(17)6-14(3,4)9-15/h12H,1,6-10H2,2-5H3,(H,16,18)/t12-,15+/m1/s1. The first kappa shape index (κ1) is 13.9. The van der Waals surface area contributed by atoms with E-state index in [-0.39, 0.29) is 0 Å². The molecule has 0 spiro atoms. The molecule has 102 valence electrons. The topological polar surface area (TPSA) is 15.3 Å². The zero-order valence-corrected chi connectivity index (χ0v) is 13.0. The lowest BCUT2D eigenvalue weighted by atomic mass is 9.65. The fourth-order valence-electron chi connectivity index (χ4n) is 4.03. The van der Waals surface area contributed by atoms with E-state index in [0.717, 1.165) is 23.8 Å². The third-order valence-corrected chi connectivity index (χ3v) is 4.60. The van der Waals surface area contributed by atoms with Crippen molar-refractivity contribution in [2.75, 3.05) is 13.1 Å². The Morgan fingerprint density at radius 1 is 1.39 bits per heavy atom. The Morgan fingerprint density at radius 2 is 2.06 bits per heavy atom. The average Bonchev–Trinajstić information content (AvgIpc) is 2.44. The Kier molecular flexibility index (Phi) is 3.48. The molecule has 18 heavy (non-hydrogen) atoms. The van der Waals surface area contributed by atoms with Gasteiger partial charge >= 0.3 is 0 Å². The van der Waals surface area contributed by atoms with Gasteiger partial charge in [-0.2, -0.15) is 0 Å². The van der Waals surface area contributed by atoms with Crippen molar-refractivity contribution in [3.05, 3.63) is 12.2 Å². The van der Waals surface area contributed by atoms with E-state index < -0.39 is 0 Å². The third-order valence-electron chi connectivity index (χ3n) is 4.22. The fraction of sp³-hybridized carbons (Fsp3) is 0.800. The van der Waals surface area contributed by atoms with E-state index in [4.69, 9.17) is 12.2 Å². The number of rotatable bonds is 2. The summed E-state index contributed by atoms with van der Waals surface area (Å²) in [5, 5.41) is 4.26. The highest BCUT2D eigenvalue weighted by Gasteiger charge is 2.50. The summed E-state index contributed by atoms with van der Waals surface area (Å²) >= 11 is 5.55. The van der Waals surface area contributed by atoms with Gasteiger partial charge in [-0.25, -0.2) is 0 Å². The van der Waals surface area contributed by atoms with Gasteiger partial charge in [0.2, 0.25) is 0 Å². The van der Waals surface area contributed by atoms with E-state index in [1.54, 1.807) is 0 Å². The molecule has 1 aliphatic carbocycles. The van der Waals surface area contributed by atoms with E-state index in [1.165, 1.54) is 19.3 Å². The van der Waals surface area contributed by atoms with Crippen LogP contribution in [0, 0.1) is 10.8 Å². The van der Waals surface area contributed by atoms with Crippen LogP contribution in [0.1, 0.15) is 47.0 Å². The van der Waals surface area contributed by atoms with Crippen molar-refractivity contribution in [1.82, 2.24) is 10.2 Å². The summed E-state index contributed by atoms with van der Waals surface area (Å²) in [4.78, 5) is 2.42. The Bertz CT molecular complexity index is 375. The SMILES string of the molecule is C=C(C)CNC(=S)N1C[C@@]2(C)C[C@H]1CC(C)(C)C2. The number of hydrogen-bond acceptors (Lipinski definition) is 1. The molecule has 0 aromatic rings. The Balaban J connectivity index is 2.04. The van der Waals surface area contributed by atoms with Crippen LogP contribution in [0.15, 0.2) is 12.2 Å². The Hall–Kier alpha value is -0.570. The molecule has 3 heteroatoms. The van der Waals surface area contributed by atoms with Gasteiger partial charge in [0, 0.05) is 19.1 Å². The second-order valence-electron chi connectivity index (χ2n) is 7.46. The van der Waals surface area contributed by atoms with E-state index in [2.05, 4.69) is 37.6 Å². The monoisotopic (exact) mass is 266 g/mol. The van der Waals surface area contributed by atoms with Gasteiger partial charge in [-0.05, 0) is 49.2 Å². The maximum Gasteiger partial charge on any atom is 0.169 e. The molecule has 2 rings (SSSR count). The zero-order chi connectivity index (χ0) is 13.6. The van der Waals surface area contributed by atoms with Crippen molar-refractivity contribution in [2.45, 2.75) is 53.0 Å². The molecule has 2 nitrogen and oxygen atoms in total. The molecule has 0 unspecified atom stereocenters.